The predicted octanol–water partition coefficient (Wildman–Crippen LogP) is 2.77. The standard InChI is InChI=1S/C24H36O7/c1-5-7-14(25)29-18-16(26)17-22(2,3)10-6-11-23(17,4)13-9-8-12-15-20(30-19(12)27)31-21(28)24(13,15)18/h12-13,15-18,20-21,26,28H,5-11H2,1-4H3/t12-,13-,15+,16-,17+,18-,20+,21?,23-,24+/m1/s1. The fourth-order valence-electron chi connectivity index (χ4n) is 8.86. The Hall–Kier alpha value is -1.18. The third kappa shape index (κ3) is 2.63. The number of hydrogen-bond acceptors (Lipinski definition) is 7. The van der Waals surface area contributed by atoms with Crippen LogP contribution in [0.1, 0.15) is 72.6 Å². The van der Waals surface area contributed by atoms with Crippen LogP contribution in [0.25, 0.3) is 0 Å². The van der Waals surface area contributed by atoms with Crippen molar-refractivity contribution in [1.82, 2.24) is 0 Å². The van der Waals surface area contributed by atoms with Gasteiger partial charge in [-0.3, -0.25) is 9.59 Å². The van der Waals surface area contributed by atoms with Crippen LogP contribution in [0, 0.1) is 39.9 Å². The van der Waals surface area contributed by atoms with Crippen LogP contribution >= 0.6 is 0 Å². The predicted molar refractivity (Wildman–Crippen MR) is 109 cm³/mol. The van der Waals surface area contributed by atoms with E-state index in [0.717, 1.165) is 25.7 Å². The van der Waals surface area contributed by atoms with Crippen LogP contribution in [0.15, 0.2) is 0 Å². The van der Waals surface area contributed by atoms with E-state index in [0.29, 0.717) is 12.8 Å². The molecule has 5 fully saturated rings. The Balaban J connectivity index is 1.68. The number of hydrogen-bond donors (Lipinski definition) is 2. The molecule has 0 aromatic heterocycles. The van der Waals surface area contributed by atoms with Crippen LogP contribution < -0.4 is 0 Å². The van der Waals surface area contributed by atoms with Crippen LogP contribution in [0.4, 0.5) is 0 Å². The average molecular weight is 437 g/mol. The van der Waals surface area contributed by atoms with Crippen LogP contribution in [0.3, 0.4) is 0 Å². The lowest BCUT2D eigenvalue weighted by molar-refractivity contribution is -0.308. The normalized spacial score (nSPS) is 52.0. The second-order valence-electron chi connectivity index (χ2n) is 11.5. The summed E-state index contributed by atoms with van der Waals surface area (Å²) in [7, 11) is 0. The molecule has 0 aromatic carbocycles. The van der Waals surface area contributed by atoms with Gasteiger partial charge in [0, 0.05) is 12.3 Å². The molecule has 2 saturated heterocycles. The van der Waals surface area contributed by atoms with Gasteiger partial charge in [-0.05, 0) is 54.8 Å². The van der Waals surface area contributed by atoms with Crippen molar-refractivity contribution in [1.29, 1.82) is 0 Å². The molecule has 2 aliphatic heterocycles. The van der Waals surface area contributed by atoms with E-state index in [-0.39, 0.29) is 41.0 Å². The van der Waals surface area contributed by atoms with Gasteiger partial charge in [-0.15, -0.1) is 0 Å². The minimum Gasteiger partial charge on any atom is -0.459 e. The lowest BCUT2D eigenvalue weighted by Crippen LogP contribution is -2.73. The Kier molecular flexibility index (Phi) is 4.83. The van der Waals surface area contributed by atoms with E-state index in [4.69, 9.17) is 14.2 Å². The molecule has 5 aliphatic rings. The molecule has 3 aliphatic carbocycles. The highest BCUT2D eigenvalue weighted by molar-refractivity contribution is 5.76. The lowest BCUT2D eigenvalue weighted by Gasteiger charge is -2.68. The second kappa shape index (κ2) is 6.91. The smallest absolute Gasteiger partial charge is 0.311 e. The zero-order valence-corrected chi connectivity index (χ0v) is 19.0. The van der Waals surface area contributed by atoms with Gasteiger partial charge in [0.15, 0.2) is 6.29 Å². The number of aliphatic hydroxyl groups excluding tert-OH is 2. The summed E-state index contributed by atoms with van der Waals surface area (Å²) in [4.78, 5) is 25.3. The van der Waals surface area contributed by atoms with E-state index >= 15 is 0 Å². The summed E-state index contributed by atoms with van der Waals surface area (Å²) in [5, 5.41) is 23.2. The first kappa shape index (κ1) is 21.7. The zero-order chi connectivity index (χ0) is 22.3. The molecule has 31 heavy (non-hydrogen) atoms. The van der Waals surface area contributed by atoms with Crippen LogP contribution in [-0.2, 0) is 23.8 Å². The van der Waals surface area contributed by atoms with Crippen LogP contribution in [0.5, 0.6) is 0 Å². The summed E-state index contributed by atoms with van der Waals surface area (Å²) >= 11 is 0. The van der Waals surface area contributed by atoms with Gasteiger partial charge in [0.1, 0.15) is 6.10 Å². The number of carbonyl (C=O) groups is 2. The third-order valence-electron chi connectivity index (χ3n) is 9.64. The second-order valence-corrected chi connectivity index (χ2v) is 11.5. The highest BCUT2D eigenvalue weighted by Gasteiger charge is 2.80. The molecule has 10 atom stereocenters. The zero-order valence-electron chi connectivity index (χ0n) is 19.0. The first-order valence-electron chi connectivity index (χ1n) is 12.0. The van der Waals surface area contributed by atoms with Gasteiger partial charge in [-0.2, -0.15) is 0 Å². The summed E-state index contributed by atoms with van der Waals surface area (Å²) in [6.07, 6.45) is 1.31. The lowest BCUT2D eigenvalue weighted by atomic mass is 9.37. The van der Waals surface area contributed by atoms with Crippen molar-refractivity contribution in [3.05, 3.63) is 0 Å². The summed E-state index contributed by atoms with van der Waals surface area (Å²) in [6.45, 7) is 8.53. The van der Waals surface area contributed by atoms with E-state index in [1.165, 1.54) is 0 Å². The Morgan fingerprint density at radius 2 is 1.94 bits per heavy atom. The number of carbonyl (C=O) groups excluding carboxylic acids is 2. The molecule has 2 N–H and O–H groups in total. The molecule has 7 nitrogen and oxygen atoms in total. The Labute approximate surface area is 183 Å². The topological polar surface area (TPSA) is 102 Å². The molecule has 1 spiro atoms. The molecule has 3 saturated carbocycles. The summed E-state index contributed by atoms with van der Waals surface area (Å²) < 4.78 is 17.4. The summed E-state index contributed by atoms with van der Waals surface area (Å²) in [6, 6.07) is 0. The molecular weight excluding hydrogens is 400 g/mol. The van der Waals surface area contributed by atoms with Crippen LogP contribution in [0.2, 0.25) is 0 Å². The molecule has 7 heteroatoms. The molecule has 0 radical (unpaired) electrons. The molecule has 5 rings (SSSR count). The number of rotatable bonds is 3. The van der Waals surface area contributed by atoms with Gasteiger partial charge in [0.25, 0.3) is 0 Å². The van der Waals surface area contributed by atoms with E-state index in [1.54, 1.807) is 0 Å². The molecule has 0 amide bonds. The third-order valence-corrected chi connectivity index (χ3v) is 9.64. The number of ether oxygens (including phenoxy) is 3. The first-order chi connectivity index (χ1) is 14.6. The number of aliphatic hydroxyl groups is 2. The minimum atomic E-state index is -1.25. The number of fused-ring (bicyclic) bond motifs is 2. The summed E-state index contributed by atoms with van der Waals surface area (Å²) in [5.41, 5.74) is -1.43. The van der Waals surface area contributed by atoms with Crippen molar-refractivity contribution in [2.45, 2.75) is 97.4 Å². The van der Waals surface area contributed by atoms with Crippen molar-refractivity contribution in [3.8, 4) is 0 Å². The molecule has 1 unspecified atom stereocenters. The molecule has 2 heterocycles. The Bertz CT molecular complexity index is 780. The minimum absolute atomic E-state index is 0.0387. The quantitative estimate of drug-likeness (QED) is 0.656. The van der Waals surface area contributed by atoms with Crippen molar-refractivity contribution < 1.29 is 34.0 Å². The van der Waals surface area contributed by atoms with E-state index < -0.39 is 42.0 Å². The van der Waals surface area contributed by atoms with Gasteiger partial charge in [0.05, 0.1) is 17.4 Å². The highest BCUT2D eigenvalue weighted by Crippen LogP contribution is 2.73. The van der Waals surface area contributed by atoms with Gasteiger partial charge >= 0.3 is 11.9 Å². The maximum atomic E-state index is 12.7. The van der Waals surface area contributed by atoms with Gasteiger partial charge in [-0.25, -0.2) is 0 Å². The Morgan fingerprint density at radius 1 is 1.19 bits per heavy atom. The highest BCUT2D eigenvalue weighted by atomic mass is 16.8. The SMILES string of the molecule is CCCC(=O)O[C@@H]1[C@H](O)[C@H]2C(C)(C)CCC[C@]2(C)[C@H]2CC[C@H]3C(=O)O[C@H]4OC(O)[C@@]12[C@H]43. The summed E-state index contributed by atoms with van der Waals surface area (Å²) in [5.74, 6) is -1.60. The fourth-order valence-corrected chi connectivity index (χ4v) is 8.86. The maximum absolute atomic E-state index is 12.7. The van der Waals surface area contributed by atoms with Crippen molar-refractivity contribution in [3.63, 3.8) is 0 Å². The molecule has 0 bridgehead atoms. The monoisotopic (exact) mass is 436 g/mol. The Morgan fingerprint density at radius 3 is 2.65 bits per heavy atom. The van der Waals surface area contributed by atoms with E-state index in [2.05, 4.69) is 20.8 Å². The van der Waals surface area contributed by atoms with Gasteiger partial charge in [0.2, 0.25) is 6.29 Å². The fraction of sp³-hybridized carbons (Fsp3) is 0.917. The molecular formula is C24H36O7. The largest absolute Gasteiger partial charge is 0.459 e. The van der Waals surface area contributed by atoms with Crippen molar-refractivity contribution in [2.75, 3.05) is 0 Å². The van der Waals surface area contributed by atoms with Gasteiger partial charge in [-0.1, -0.05) is 34.1 Å². The van der Waals surface area contributed by atoms with Gasteiger partial charge < -0.3 is 24.4 Å². The first-order valence-corrected chi connectivity index (χ1v) is 12.0. The van der Waals surface area contributed by atoms with Crippen molar-refractivity contribution in [2.24, 2.45) is 39.9 Å². The van der Waals surface area contributed by atoms with E-state index in [1.807, 2.05) is 6.92 Å². The molecule has 174 valence electrons. The van der Waals surface area contributed by atoms with Crippen LogP contribution in [-0.4, -0.2) is 46.9 Å². The maximum Gasteiger partial charge on any atom is 0.311 e. The molecule has 0 aromatic rings. The van der Waals surface area contributed by atoms with Crippen molar-refractivity contribution >= 4 is 11.9 Å². The van der Waals surface area contributed by atoms with E-state index in [9.17, 15) is 19.8 Å². The number of esters is 2. The average Bonchev–Trinajstić information content (AvgIpc) is 3.14.